The van der Waals surface area contributed by atoms with Gasteiger partial charge in [-0.15, -0.1) is 0 Å². The number of carboxylic acids is 2. The molecule has 0 aliphatic heterocycles. The second-order valence-corrected chi connectivity index (χ2v) is 6.07. The maximum Gasteiger partial charge on any atom is 0.333 e. The van der Waals surface area contributed by atoms with E-state index in [-0.39, 0.29) is 24.7 Å². The summed E-state index contributed by atoms with van der Waals surface area (Å²) in [5.74, 6) is -2.16. The number of aliphatic hydroxyl groups excluding tert-OH is 1. The van der Waals surface area contributed by atoms with Gasteiger partial charge in [0.05, 0.1) is 0 Å². The number of carbonyl (C=O) groups is 2. The Morgan fingerprint density at radius 2 is 1.32 bits per heavy atom. The first-order valence-corrected chi connectivity index (χ1v) is 6.77. The summed E-state index contributed by atoms with van der Waals surface area (Å²) in [5.41, 5.74) is -1.58. The van der Waals surface area contributed by atoms with E-state index < -0.39 is 23.5 Å². The maximum atomic E-state index is 11.6. The number of hydrogen-bond acceptors (Lipinski definition) is 3. The number of rotatable bonds is 9. The smallest absolute Gasteiger partial charge is 0.333 e. The van der Waals surface area contributed by atoms with Crippen LogP contribution in [0.4, 0.5) is 0 Å². The van der Waals surface area contributed by atoms with Crippen molar-refractivity contribution in [2.45, 2.75) is 59.5 Å². The lowest BCUT2D eigenvalue weighted by Crippen LogP contribution is -2.47. The van der Waals surface area contributed by atoms with Gasteiger partial charge in [-0.05, 0) is 37.5 Å². The molecule has 0 aromatic rings. The van der Waals surface area contributed by atoms with Gasteiger partial charge >= 0.3 is 11.9 Å². The minimum atomic E-state index is -1.86. The Morgan fingerprint density at radius 3 is 1.53 bits per heavy atom. The second kappa shape index (κ2) is 7.48. The van der Waals surface area contributed by atoms with E-state index in [1.54, 1.807) is 0 Å². The molecule has 3 N–H and O–H groups in total. The van der Waals surface area contributed by atoms with E-state index in [0.29, 0.717) is 12.8 Å². The van der Waals surface area contributed by atoms with Crippen LogP contribution >= 0.6 is 0 Å². The van der Waals surface area contributed by atoms with Gasteiger partial charge < -0.3 is 15.3 Å². The fourth-order valence-corrected chi connectivity index (χ4v) is 2.06. The third-order valence-electron chi connectivity index (χ3n) is 3.52. The first-order valence-electron chi connectivity index (χ1n) is 6.77. The van der Waals surface area contributed by atoms with Crippen LogP contribution in [-0.4, -0.2) is 33.4 Å². The van der Waals surface area contributed by atoms with Crippen molar-refractivity contribution in [3.8, 4) is 0 Å². The zero-order chi connectivity index (χ0) is 15.2. The SMILES string of the molecule is CC(C)CCC(CCC(C)C)(C(=O)O)C(O)C(=O)O. The van der Waals surface area contributed by atoms with Crippen LogP contribution in [0, 0.1) is 17.3 Å². The lowest BCUT2D eigenvalue weighted by Gasteiger charge is -2.33. The quantitative estimate of drug-likeness (QED) is 0.600. The summed E-state index contributed by atoms with van der Waals surface area (Å²) in [6.07, 6.45) is -0.341. The summed E-state index contributed by atoms with van der Waals surface area (Å²) in [5, 5.41) is 28.3. The predicted molar refractivity (Wildman–Crippen MR) is 71.9 cm³/mol. The molecular weight excluding hydrogens is 248 g/mol. The topological polar surface area (TPSA) is 94.8 Å². The van der Waals surface area contributed by atoms with E-state index in [1.165, 1.54) is 0 Å². The van der Waals surface area contributed by atoms with Crippen molar-refractivity contribution in [3.05, 3.63) is 0 Å². The van der Waals surface area contributed by atoms with Crippen LogP contribution in [0.1, 0.15) is 53.4 Å². The molecule has 0 radical (unpaired) electrons. The summed E-state index contributed by atoms with van der Waals surface area (Å²) in [6.45, 7) is 7.79. The van der Waals surface area contributed by atoms with Gasteiger partial charge in [0.2, 0.25) is 0 Å². The average molecular weight is 274 g/mol. The Bertz CT molecular complexity index is 297. The van der Waals surface area contributed by atoms with E-state index in [0.717, 1.165) is 0 Å². The van der Waals surface area contributed by atoms with Crippen LogP contribution in [0.15, 0.2) is 0 Å². The highest BCUT2D eigenvalue weighted by atomic mass is 16.4. The van der Waals surface area contributed by atoms with Crippen LogP contribution in [0.25, 0.3) is 0 Å². The van der Waals surface area contributed by atoms with E-state index in [1.807, 2.05) is 27.7 Å². The molecular formula is C14H26O5. The summed E-state index contributed by atoms with van der Waals surface area (Å²) in [4.78, 5) is 22.6. The van der Waals surface area contributed by atoms with Gasteiger partial charge in [0.15, 0.2) is 6.10 Å². The molecule has 0 amide bonds. The molecule has 0 saturated heterocycles. The van der Waals surface area contributed by atoms with Crippen LogP contribution < -0.4 is 0 Å². The maximum absolute atomic E-state index is 11.6. The Morgan fingerprint density at radius 1 is 0.947 bits per heavy atom. The lowest BCUT2D eigenvalue weighted by molar-refractivity contribution is -0.172. The molecule has 0 aliphatic rings. The van der Waals surface area contributed by atoms with Crippen molar-refractivity contribution in [1.29, 1.82) is 0 Å². The third kappa shape index (κ3) is 5.19. The molecule has 0 rings (SSSR count). The molecule has 112 valence electrons. The highest BCUT2D eigenvalue weighted by molar-refractivity contribution is 5.85. The highest BCUT2D eigenvalue weighted by Gasteiger charge is 2.48. The number of hydrogen-bond donors (Lipinski definition) is 3. The fraction of sp³-hybridized carbons (Fsp3) is 0.857. The minimum Gasteiger partial charge on any atom is -0.481 e. The summed E-state index contributed by atoms with van der Waals surface area (Å²) < 4.78 is 0. The summed E-state index contributed by atoms with van der Waals surface area (Å²) >= 11 is 0. The van der Waals surface area contributed by atoms with Crippen LogP contribution in [-0.2, 0) is 9.59 Å². The number of aliphatic hydroxyl groups is 1. The van der Waals surface area contributed by atoms with Crippen LogP contribution in [0.5, 0.6) is 0 Å². The molecule has 0 fully saturated rings. The van der Waals surface area contributed by atoms with Crippen molar-refractivity contribution in [3.63, 3.8) is 0 Å². The van der Waals surface area contributed by atoms with E-state index in [2.05, 4.69) is 0 Å². The second-order valence-electron chi connectivity index (χ2n) is 6.07. The van der Waals surface area contributed by atoms with Crippen molar-refractivity contribution in [2.24, 2.45) is 17.3 Å². The molecule has 5 nitrogen and oxygen atoms in total. The first-order chi connectivity index (χ1) is 8.63. The first kappa shape index (κ1) is 17.9. The lowest BCUT2D eigenvalue weighted by atomic mass is 9.72. The molecule has 0 aliphatic carbocycles. The van der Waals surface area contributed by atoms with Gasteiger partial charge in [-0.2, -0.15) is 0 Å². The number of carboxylic acid groups (broad SMARTS) is 2. The molecule has 5 heteroatoms. The Balaban J connectivity index is 5.21. The van der Waals surface area contributed by atoms with Gasteiger partial charge in [0, 0.05) is 0 Å². The van der Waals surface area contributed by atoms with Gasteiger partial charge in [-0.1, -0.05) is 27.7 Å². The molecule has 0 aromatic carbocycles. The standard InChI is InChI=1S/C14H26O5/c1-9(2)5-7-14(13(18)19,8-6-10(3)4)11(15)12(16)17/h9-11,15H,5-8H2,1-4H3,(H,16,17)(H,18,19). The molecule has 1 atom stereocenters. The molecule has 0 aromatic heterocycles. The van der Waals surface area contributed by atoms with Crippen molar-refractivity contribution >= 4 is 11.9 Å². The summed E-state index contributed by atoms with van der Waals surface area (Å²) in [6, 6.07) is 0. The Kier molecular flexibility index (Phi) is 7.05. The van der Waals surface area contributed by atoms with E-state index in [9.17, 15) is 19.8 Å². The van der Waals surface area contributed by atoms with Crippen LogP contribution in [0.2, 0.25) is 0 Å². The van der Waals surface area contributed by atoms with E-state index in [4.69, 9.17) is 5.11 Å². The monoisotopic (exact) mass is 274 g/mol. The Labute approximate surface area is 114 Å². The molecule has 1 unspecified atom stereocenters. The normalized spacial score (nSPS) is 13.8. The minimum absolute atomic E-state index is 0.181. The Hall–Kier alpha value is -1.10. The molecule has 0 spiro atoms. The third-order valence-corrected chi connectivity index (χ3v) is 3.52. The van der Waals surface area contributed by atoms with Gasteiger partial charge in [-0.25, -0.2) is 4.79 Å². The molecule has 0 bridgehead atoms. The highest BCUT2D eigenvalue weighted by Crippen LogP contribution is 2.37. The van der Waals surface area contributed by atoms with Crippen molar-refractivity contribution in [1.82, 2.24) is 0 Å². The molecule has 0 heterocycles. The van der Waals surface area contributed by atoms with Gasteiger partial charge in [-0.3, -0.25) is 4.79 Å². The van der Waals surface area contributed by atoms with Gasteiger partial charge in [0.1, 0.15) is 5.41 Å². The molecule has 19 heavy (non-hydrogen) atoms. The van der Waals surface area contributed by atoms with Crippen LogP contribution in [0.3, 0.4) is 0 Å². The number of aliphatic carboxylic acids is 2. The summed E-state index contributed by atoms with van der Waals surface area (Å²) in [7, 11) is 0. The van der Waals surface area contributed by atoms with E-state index >= 15 is 0 Å². The zero-order valence-corrected chi connectivity index (χ0v) is 12.2. The van der Waals surface area contributed by atoms with Crippen molar-refractivity contribution in [2.75, 3.05) is 0 Å². The molecule has 0 saturated carbocycles. The predicted octanol–water partition coefficient (Wildman–Crippen LogP) is 2.38. The largest absolute Gasteiger partial charge is 0.481 e. The fourth-order valence-electron chi connectivity index (χ4n) is 2.06. The van der Waals surface area contributed by atoms with Crippen molar-refractivity contribution < 1.29 is 24.9 Å². The van der Waals surface area contributed by atoms with Gasteiger partial charge in [0.25, 0.3) is 0 Å². The zero-order valence-electron chi connectivity index (χ0n) is 12.2. The average Bonchev–Trinajstić information content (AvgIpc) is 2.27.